The molecule has 0 bridgehead atoms. The van der Waals surface area contributed by atoms with Gasteiger partial charge < -0.3 is 14.8 Å². The highest BCUT2D eigenvalue weighted by Gasteiger charge is 2.40. The van der Waals surface area contributed by atoms with Gasteiger partial charge in [0.25, 0.3) is 11.8 Å². The lowest BCUT2D eigenvalue weighted by molar-refractivity contribution is -0.120. The Hall–Kier alpha value is -3.77. The maximum absolute atomic E-state index is 13.6. The molecule has 0 aliphatic carbocycles. The van der Waals surface area contributed by atoms with E-state index in [1.165, 1.54) is 4.90 Å². The highest BCUT2D eigenvalue weighted by atomic mass is 35.5. The summed E-state index contributed by atoms with van der Waals surface area (Å²) in [5.41, 5.74) is 4.40. The molecule has 3 aromatic carbocycles. The summed E-state index contributed by atoms with van der Waals surface area (Å²) >= 11 is 6.01. The van der Waals surface area contributed by atoms with Gasteiger partial charge in [-0.2, -0.15) is 0 Å². The van der Waals surface area contributed by atoms with E-state index < -0.39 is 11.8 Å². The summed E-state index contributed by atoms with van der Waals surface area (Å²) in [7, 11) is 0. The third kappa shape index (κ3) is 3.83. The van der Waals surface area contributed by atoms with Crippen molar-refractivity contribution in [2.24, 2.45) is 0 Å². The van der Waals surface area contributed by atoms with E-state index in [1.807, 2.05) is 32.0 Å². The first-order chi connectivity index (χ1) is 15.9. The fraction of sp³-hybridized carbons (Fsp3) is 0.154. The molecular weight excluding hydrogens is 440 g/mol. The molecule has 0 saturated carbocycles. The molecule has 2 aliphatic rings. The van der Waals surface area contributed by atoms with Gasteiger partial charge >= 0.3 is 0 Å². The summed E-state index contributed by atoms with van der Waals surface area (Å²) in [6.07, 6.45) is 0. The number of fused-ring (bicyclic) bond motifs is 1. The van der Waals surface area contributed by atoms with Crippen LogP contribution in [0.25, 0.3) is 5.57 Å². The number of amides is 2. The van der Waals surface area contributed by atoms with Crippen molar-refractivity contribution in [2.45, 2.75) is 13.8 Å². The molecule has 2 aliphatic heterocycles. The third-order valence-electron chi connectivity index (χ3n) is 5.78. The fourth-order valence-corrected chi connectivity index (χ4v) is 4.03. The Bertz CT molecular complexity index is 1310. The molecule has 6 nitrogen and oxygen atoms in total. The van der Waals surface area contributed by atoms with E-state index in [9.17, 15) is 9.59 Å². The second-order valence-electron chi connectivity index (χ2n) is 7.95. The molecular formula is C26H21ClN2O4. The minimum Gasteiger partial charge on any atom is -0.486 e. The zero-order chi connectivity index (χ0) is 23.1. The number of ether oxygens (including phenoxy) is 2. The second kappa shape index (κ2) is 8.30. The number of aryl methyl sites for hydroxylation is 2. The van der Waals surface area contributed by atoms with Gasteiger partial charge in [0, 0.05) is 16.8 Å². The van der Waals surface area contributed by atoms with Gasteiger partial charge in [-0.05, 0) is 66.9 Å². The molecule has 0 atom stereocenters. The number of hydrogen-bond donors (Lipinski definition) is 1. The van der Waals surface area contributed by atoms with Crippen molar-refractivity contribution in [3.8, 4) is 11.5 Å². The number of benzene rings is 3. The minimum atomic E-state index is -0.439. The molecule has 33 heavy (non-hydrogen) atoms. The van der Waals surface area contributed by atoms with Gasteiger partial charge in [-0.15, -0.1) is 0 Å². The lowest BCUT2D eigenvalue weighted by Crippen LogP contribution is -2.32. The maximum atomic E-state index is 13.6. The lowest BCUT2D eigenvalue weighted by atomic mass is 9.99. The molecule has 1 N–H and O–H groups in total. The summed E-state index contributed by atoms with van der Waals surface area (Å²) in [6.45, 7) is 4.93. The molecule has 5 rings (SSSR count). The summed E-state index contributed by atoms with van der Waals surface area (Å²) in [5.74, 6) is 0.397. The molecule has 2 amide bonds. The molecule has 0 radical (unpaired) electrons. The monoisotopic (exact) mass is 460 g/mol. The first-order valence-electron chi connectivity index (χ1n) is 10.6. The van der Waals surface area contributed by atoms with Crippen molar-refractivity contribution in [2.75, 3.05) is 23.4 Å². The molecule has 2 heterocycles. The number of imide groups is 1. The predicted molar refractivity (Wildman–Crippen MR) is 128 cm³/mol. The quantitative estimate of drug-likeness (QED) is 0.547. The minimum absolute atomic E-state index is 0.204. The summed E-state index contributed by atoms with van der Waals surface area (Å²) < 4.78 is 11.2. The second-order valence-corrected chi connectivity index (χ2v) is 8.39. The van der Waals surface area contributed by atoms with E-state index in [0.717, 1.165) is 11.1 Å². The molecule has 166 valence electrons. The number of nitrogens with one attached hydrogen (secondary N) is 1. The van der Waals surface area contributed by atoms with Gasteiger partial charge in [0.15, 0.2) is 11.5 Å². The van der Waals surface area contributed by atoms with Crippen LogP contribution in [0.3, 0.4) is 0 Å². The highest BCUT2D eigenvalue weighted by Crippen LogP contribution is 2.37. The zero-order valence-corrected chi connectivity index (χ0v) is 18.9. The molecule has 0 spiro atoms. The Morgan fingerprint density at radius 2 is 1.55 bits per heavy atom. The van der Waals surface area contributed by atoms with Crippen molar-refractivity contribution >= 4 is 40.4 Å². The van der Waals surface area contributed by atoms with Gasteiger partial charge in [0.05, 0.1) is 11.3 Å². The van der Waals surface area contributed by atoms with Crippen LogP contribution in [0.4, 0.5) is 11.4 Å². The number of nitrogens with zero attached hydrogens (tertiary/aromatic N) is 1. The van der Waals surface area contributed by atoms with E-state index >= 15 is 0 Å². The standard InChI is InChI=1S/C26H21ClN2O4/c1-15-3-4-17(13-16(15)2)23-24(28-19-7-10-21-22(14-19)33-12-11-32-21)26(31)29(25(23)30)20-8-5-18(27)6-9-20/h3-10,13-14,28H,11-12H2,1-2H3. The fourth-order valence-electron chi connectivity index (χ4n) is 3.90. The molecule has 0 aromatic heterocycles. The van der Waals surface area contributed by atoms with Crippen LogP contribution in [0.1, 0.15) is 16.7 Å². The first kappa shape index (κ1) is 21.1. The summed E-state index contributed by atoms with van der Waals surface area (Å²) in [5, 5.41) is 3.69. The molecule has 3 aromatic rings. The van der Waals surface area contributed by atoms with Crippen LogP contribution in [-0.2, 0) is 9.59 Å². The Morgan fingerprint density at radius 3 is 2.27 bits per heavy atom. The van der Waals surface area contributed by atoms with Crippen LogP contribution in [-0.4, -0.2) is 25.0 Å². The smallest absolute Gasteiger partial charge is 0.282 e. The SMILES string of the molecule is Cc1ccc(C2=C(Nc3ccc4c(c3)OCCO4)C(=O)N(c3ccc(Cl)cc3)C2=O)cc1C. The van der Waals surface area contributed by atoms with Gasteiger partial charge in [0.2, 0.25) is 0 Å². The van der Waals surface area contributed by atoms with Crippen molar-refractivity contribution in [3.05, 3.63) is 88.1 Å². The lowest BCUT2D eigenvalue weighted by Gasteiger charge is -2.19. The molecule has 7 heteroatoms. The van der Waals surface area contributed by atoms with Crippen LogP contribution in [0.15, 0.2) is 66.4 Å². The topological polar surface area (TPSA) is 67.9 Å². The van der Waals surface area contributed by atoms with Gasteiger partial charge in [-0.25, -0.2) is 4.90 Å². The van der Waals surface area contributed by atoms with Crippen molar-refractivity contribution in [1.29, 1.82) is 0 Å². The average Bonchev–Trinajstić information content (AvgIpc) is 3.05. The van der Waals surface area contributed by atoms with Crippen LogP contribution in [0.5, 0.6) is 11.5 Å². The number of carbonyl (C=O) groups is 2. The van der Waals surface area contributed by atoms with Crippen LogP contribution < -0.4 is 19.7 Å². The van der Waals surface area contributed by atoms with Crippen molar-refractivity contribution in [3.63, 3.8) is 0 Å². The average molecular weight is 461 g/mol. The summed E-state index contributed by atoms with van der Waals surface area (Å²) in [6, 6.07) is 17.7. The molecule has 0 fully saturated rings. The largest absolute Gasteiger partial charge is 0.486 e. The number of anilines is 2. The van der Waals surface area contributed by atoms with E-state index in [0.29, 0.717) is 52.2 Å². The molecule has 0 unspecified atom stereocenters. The van der Waals surface area contributed by atoms with E-state index in [1.54, 1.807) is 42.5 Å². The van der Waals surface area contributed by atoms with Crippen LogP contribution >= 0.6 is 11.6 Å². The van der Waals surface area contributed by atoms with Crippen LogP contribution in [0.2, 0.25) is 5.02 Å². The third-order valence-corrected chi connectivity index (χ3v) is 6.03. The highest BCUT2D eigenvalue weighted by molar-refractivity contribution is 6.46. The van der Waals surface area contributed by atoms with E-state index in [4.69, 9.17) is 21.1 Å². The number of rotatable bonds is 4. The van der Waals surface area contributed by atoms with Crippen molar-refractivity contribution in [1.82, 2.24) is 0 Å². The normalized spacial score (nSPS) is 15.3. The Kier molecular flexibility index (Phi) is 5.30. The maximum Gasteiger partial charge on any atom is 0.282 e. The number of carbonyl (C=O) groups excluding carboxylic acids is 2. The van der Waals surface area contributed by atoms with Gasteiger partial charge in [0.1, 0.15) is 18.9 Å². The Morgan fingerprint density at radius 1 is 0.818 bits per heavy atom. The van der Waals surface area contributed by atoms with Crippen molar-refractivity contribution < 1.29 is 19.1 Å². The van der Waals surface area contributed by atoms with E-state index in [2.05, 4.69) is 5.32 Å². The van der Waals surface area contributed by atoms with Gasteiger partial charge in [-0.3, -0.25) is 9.59 Å². The Labute approximate surface area is 196 Å². The van der Waals surface area contributed by atoms with Crippen LogP contribution in [0, 0.1) is 13.8 Å². The number of hydrogen-bond acceptors (Lipinski definition) is 5. The Balaban J connectivity index is 1.60. The predicted octanol–water partition coefficient (Wildman–Crippen LogP) is 5.12. The first-order valence-corrected chi connectivity index (χ1v) is 10.9. The zero-order valence-electron chi connectivity index (χ0n) is 18.1. The van der Waals surface area contributed by atoms with E-state index in [-0.39, 0.29) is 5.70 Å². The summed E-state index contributed by atoms with van der Waals surface area (Å²) in [4.78, 5) is 28.3. The molecule has 0 saturated heterocycles. The number of halogens is 1. The van der Waals surface area contributed by atoms with Gasteiger partial charge in [-0.1, -0.05) is 29.8 Å².